The van der Waals surface area contributed by atoms with E-state index in [4.69, 9.17) is 5.73 Å². The number of hydrogen-bond donors (Lipinski definition) is 1. The molecule has 1 aliphatic rings. The van der Waals surface area contributed by atoms with Crippen LogP contribution in [0.25, 0.3) is 0 Å². The Morgan fingerprint density at radius 1 is 1.15 bits per heavy atom. The van der Waals surface area contributed by atoms with Crippen LogP contribution in [0.15, 0.2) is 29.2 Å². The van der Waals surface area contributed by atoms with Crippen LogP contribution in [-0.4, -0.2) is 49.8 Å². The summed E-state index contributed by atoms with van der Waals surface area (Å²) < 4.78 is 26.9. The fourth-order valence-corrected chi connectivity index (χ4v) is 4.10. The average molecular weight is 297 g/mol. The minimum atomic E-state index is -3.41. The lowest BCUT2D eigenvalue weighted by Crippen LogP contribution is -2.56. The molecular weight excluding hydrogens is 274 g/mol. The number of piperazine rings is 1. The number of hydrogen-bond acceptors (Lipinski definition) is 4. The Hall–Kier alpha value is -0.950. The second-order valence-electron chi connectivity index (χ2n) is 5.53. The Balaban J connectivity index is 2.25. The third kappa shape index (κ3) is 2.88. The lowest BCUT2D eigenvalue weighted by atomic mass is 10.1. The van der Waals surface area contributed by atoms with Crippen molar-refractivity contribution in [3.05, 3.63) is 29.8 Å². The van der Waals surface area contributed by atoms with Crippen LogP contribution in [0.1, 0.15) is 19.4 Å². The highest BCUT2D eigenvalue weighted by Crippen LogP contribution is 2.22. The van der Waals surface area contributed by atoms with E-state index in [2.05, 4.69) is 18.7 Å². The summed E-state index contributed by atoms with van der Waals surface area (Å²) in [6, 6.07) is 7.27. The number of nitrogens with zero attached hydrogens (tertiary/aromatic N) is 2. The van der Waals surface area contributed by atoms with E-state index >= 15 is 0 Å². The molecule has 6 heteroatoms. The molecule has 0 radical (unpaired) electrons. The van der Waals surface area contributed by atoms with Crippen molar-refractivity contribution in [3.8, 4) is 0 Å². The Bertz CT molecular complexity index is 544. The Labute approximate surface area is 121 Å². The standard InChI is InChI=1S/C14H23N3O2S/c1-11-9-17(10-12(2)16(11)3)20(18,19)14-6-4-13(8-15)5-7-14/h4-7,11-12H,8-10,15H2,1-3H3. The molecule has 20 heavy (non-hydrogen) atoms. The predicted molar refractivity (Wildman–Crippen MR) is 79.8 cm³/mol. The van der Waals surface area contributed by atoms with Gasteiger partial charge < -0.3 is 5.73 Å². The van der Waals surface area contributed by atoms with Crippen molar-refractivity contribution in [1.29, 1.82) is 0 Å². The zero-order chi connectivity index (χ0) is 14.9. The predicted octanol–water partition coefficient (Wildman–Crippen LogP) is 0.858. The molecule has 1 aromatic rings. The van der Waals surface area contributed by atoms with E-state index in [1.807, 2.05) is 7.05 Å². The van der Waals surface area contributed by atoms with Gasteiger partial charge in [-0.2, -0.15) is 4.31 Å². The molecule has 1 heterocycles. The van der Waals surface area contributed by atoms with E-state index in [1.54, 1.807) is 28.6 Å². The van der Waals surface area contributed by atoms with Crippen molar-refractivity contribution in [2.75, 3.05) is 20.1 Å². The first-order valence-electron chi connectivity index (χ1n) is 6.87. The number of rotatable bonds is 3. The molecule has 2 N–H and O–H groups in total. The van der Waals surface area contributed by atoms with E-state index < -0.39 is 10.0 Å². The molecule has 1 aromatic carbocycles. The molecule has 1 fully saturated rings. The van der Waals surface area contributed by atoms with Gasteiger partial charge in [0.1, 0.15) is 0 Å². The zero-order valence-electron chi connectivity index (χ0n) is 12.3. The van der Waals surface area contributed by atoms with Crippen LogP contribution < -0.4 is 5.73 Å². The fourth-order valence-electron chi connectivity index (χ4n) is 2.50. The highest BCUT2D eigenvalue weighted by atomic mass is 32.2. The minimum absolute atomic E-state index is 0.219. The van der Waals surface area contributed by atoms with Gasteiger partial charge in [0.25, 0.3) is 0 Å². The van der Waals surface area contributed by atoms with Crippen molar-refractivity contribution in [2.45, 2.75) is 37.4 Å². The van der Waals surface area contributed by atoms with Crippen molar-refractivity contribution >= 4 is 10.0 Å². The minimum Gasteiger partial charge on any atom is -0.326 e. The van der Waals surface area contributed by atoms with Crippen LogP contribution in [0.3, 0.4) is 0 Å². The topological polar surface area (TPSA) is 66.6 Å². The maximum atomic E-state index is 12.7. The van der Waals surface area contributed by atoms with Crippen molar-refractivity contribution in [1.82, 2.24) is 9.21 Å². The van der Waals surface area contributed by atoms with Gasteiger partial charge in [-0.15, -0.1) is 0 Å². The molecule has 1 saturated heterocycles. The van der Waals surface area contributed by atoms with Gasteiger partial charge in [-0.3, -0.25) is 4.90 Å². The van der Waals surface area contributed by atoms with Crippen LogP contribution >= 0.6 is 0 Å². The van der Waals surface area contributed by atoms with E-state index in [-0.39, 0.29) is 12.1 Å². The maximum absolute atomic E-state index is 12.7. The maximum Gasteiger partial charge on any atom is 0.243 e. The summed E-state index contributed by atoms with van der Waals surface area (Å²) in [5.74, 6) is 0. The zero-order valence-corrected chi connectivity index (χ0v) is 13.1. The van der Waals surface area contributed by atoms with E-state index in [0.29, 0.717) is 24.5 Å². The number of sulfonamides is 1. The second-order valence-corrected chi connectivity index (χ2v) is 7.47. The molecule has 2 rings (SSSR count). The molecule has 2 atom stereocenters. The van der Waals surface area contributed by atoms with E-state index in [9.17, 15) is 8.42 Å². The fraction of sp³-hybridized carbons (Fsp3) is 0.571. The molecule has 5 nitrogen and oxygen atoms in total. The molecule has 0 saturated carbocycles. The molecule has 0 bridgehead atoms. The molecule has 0 amide bonds. The average Bonchev–Trinajstić information content (AvgIpc) is 2.44. The Morgan fingerprint density at radius 2 is 1.65 bits per heavy atom. The van der Waals surface area contributed by atoms with Crippen molar-refractivity contribution < 1.29 is 8.42 Å². The summed E-state index contributed by atoms with van der Waals surface area (Å²) in [5, 5.41) is 0. The van der Waals surface area contributed by atoms with Gasteiger partial charge in [0.2, 0.25) is 10.0 Å². The highest BCUT2D eigenvalue weighted by Gasteiger charge is 2.34. The van der Waals surface area contributed by atoms with Gasteiger partial charge in [0.05, 0.1) is 4.90 Å². The first-order chi connectivity index (χ1) is 9.36. The Morgan fingerprint density at radius 3 is 2.10 bits per heavy atom. The molecular formula is C14H23N3O2S. The van der Waals surface area contributed by atoms with Crippen molar-refractivity contribution in [3.63, 3.8) is 0 Å². The van der Waals surface area contributed by atoms with Crippen LogP contribution in [0.5, 0.6) is 0 Å². The molecule has 2 unspecified atom stereocenters. The second kappa shape index (κ2) is 5.81. The van der Waals surface area contributed by atoms with Gasteiger partial charge in [0.15, 0.2) is 0 Å². The third-order valence-electron chi connectivity index (χ3n) is 4.12. The third-order valence-corrected chi connectivity index (χ3v) is 5.97. The van der Waals surface area contributed by atoms with Crippen LogP contribution in [-0.2, 0) is 16.6 Å². The largest absolute Gasteiger partial charge is 0.326 e. The number of benzene rings is 1. The lowest BCUT2D eigenvalue weighted by Gasteiger charge is -2.41. The molecule has 112 valence electrons. The molecule has 1 aliphatic heterocycles. The van der Waals surface area contributed by atoms with Gasteiger partial charge in [-0.25, -0.2) is 8.42 Å². The molecule has 0 aliphatic carbocycles. The van der Waals surface area contributed by atoms with Crippen LogP contribution in [0, 0.1) is 0 Å². The highest BCUT2D eigenvalue weighted by molar-refractivity contribution is 7.89. The summed E-state index contributed by atoms with van der Waals surface area (Å²) >= 11 is 0. The summed E-state index contributed by atoms with van der Waals surface area (Å²) in [4.78, 5) is 2.56. The normalized spacial score (nSPS) is 25.8. The monoisotopic (exact) mass is 297 g/mol. The van der Waals surface area contributed by atoms with Crippen LogP contribution in [0.4, 0.5) is 0 Å². The SMILES string of the molecule is CC1CN(S(=O)(=O)c2ccc(CN)cc2)CC(C)N1C. The van der Waals surface area contributed by atoms with Gasteiger partial charge in [-0.05, 0) is 38.6 Å². The summed E-state index contributed by atoms with van der Waals surface area (Å²) in [6.45, 7) is 5.58. The first kappa shape index (κ1) is 15.4. The smallest absolute Gasteiger partial charge is 0.243 e. The molecule has 0 aromatic heterocycles. The summed E-state index contributed by atoms with van der Waals surface area (Å²) in [6.07, 6.45) is 0. The number of nitrogens with two attached hydrogens (primary N) is 1. The van der Waals surface area contributed by atoms with Gasteiger partial charge in [-0.1, -0.05) is 12.1 Å². The quantitative estimate of drug-likeness (QED) is 0.898. The van der Waals surface area contributed by atoms with Crippen molar-refractivity contribution in [2.24, 2.45) is 5.73 Å². The van der Waals surface area contributed by atoms with Crippen LogP contribution in [0.2, 0.25) is 0 Å². The van der Waals surface area contributed by atoms with Gasteiger partial charge >= 0.3 is 0 Å². The van der Waals surface area contributed by atoms with E-state index in [0.717, 1.165) is 5.56 Å². The summed E-state index contributed by atoms with van der Waals surface area (Å²) in [5.41, 5.74) is 6.47. The van der Waals surface area contributed by atoms with E-state index in [1.165, 1.54) is 0 Å². The first-order valence-corrected chi connectivity index (χ1v) is 8.31. The lowest BCUT2D eigenvalue weighted by molar-refractivity contribution is 0.105. The summed E-state index contributed by atoms with van der Waals surface area (Å²) in [7, 11) is -1.37. The molecule has 0 spiro atoms. The number of likely N-dealkylation sites (N-methyl/N-ethyl adjacent to an activating group) is 1. The Kier molecular flexibility index (Phi) is 4.49. The van der Waals surface area contributed by atoms with Gasteiger partial charge in [0, 0.05) is 31.7 Å².